The summed E-state index contributed by atoms with van der Waals surface area (Å²) in [5.41, 5.74) is 0.578. The number of carbonyl (C=O) groups is 1. The zero-order valence-electron chi connectivity index (χ0n) is 15.5. The highest BCUT2D eigenvalue weighted by atomic mass is 19.4. The van der Waals surface area contributed by atoms with Crippen LogP contribution in [0.2, 0.25) is 0 Å². The number of nitrogens with zero attached hydrogens (tertiary/aromatic N) is 3. The molecule has 1 aliphatic rings. The quantitative estimate of drug-likeness (QED) is 0.680. The number of para-hydroxylation sites is 2. The molecule has 0 bridgehead atoms. The number of fused-ring (bicyclic) bond motifs is 1. The maximum Gasteiger partial charge on any atom is 0.416 e. The molecular formula is C21H19F3N4O. The normalized spacial score (nSPS) is 14.8. The summed E-state index contributed by atoms with van der Waals surface area (Å²) in [6, 6.07) is 11.8. The first-order valence-corrected chi connectivity index (χ1v) is 9.42. The number of carbonyl (C=O) groups excluding carboxylic acids is 1. The van der Waals surface area contributed by atoms with Gasteiger partial charge in [-0.25, -0.2) is 9.97 Å². The molecule has 8 heteroatoms. The molecule has 1 fully saturated rings. The molecule has 0 unspecified atom stereocenters. The zero-order valence-corrected chi connectivity index (χ0v) is 15.5. The lowest BCUT2D eigenvalue weighted by Crippen LogP contribution is -2.33. The molecule has 4 rings (SSSR count). The van der Waals surface area contributed by atoms with E-state index < -0.39 is 17.6 Å². The SMILES string of the molecule is O=C(Nc1cccc(C(F)(F)F)c1)c1nc2ccccc2nc1N1CCCCC1. The van der Waals surface area contributed by atoms with Gasteiger partial charge in [-0.3, -0.25) is 4.79 Å². The number of hydrogen-bond donors (Lipinski definition) is 1. The predicted octanol–water partition coefficient (Wildman–Crippen LogP) is 4.89. The van der Waals surface area contributed by atoms with Crippen molar-refractivity contribution in [2.45, 2.75) is 25.4 Å². The van der Waals surface area contributed by atoms with E-state index in [-0.39, 0.29) is 11.4 Å². The van der Waals surface area contributed by atoms with Gasteiger partial charge in [0, 0.05) is 18.8 Å². The predicted molar refractivity (Wildman–Crippen MR) is 105 cm³/mol. The fourth-order valence-corrected chi connectivity index (χ4v) is 3.43. The lowest BCUT2D eigenvalue weighted by molar-refractivity contribution is -0.137. The molecule has 2 aromatic carbocycles. The molecule has 0 saturated carbocycles. The van der Waals surface area contributed by atoms with Crippen molar-refractivity contribution in [1.82, 2.24) is 9.97 Å². The van der Waals surface area contributed by atoms with Crippen LogP contribution in [-0.2, 0) is 6.18 Å². The first kappa shape index (κ1) is 19.2. The van der Waals surface area contributed by atoms with E-state index in [9.17, 15) is 18.0 Å². The summed E-state index contributed by atoms with van der Waals surface area (Å²) in [6.07, 6.45) is -1.39. The fourth-order valence-electron chi connectivity index (χ4n) is 3.43. The van der Waals surface area contributed by atoms with E-state index >= 15 is 0 Å². The molecule has 1 amide bonds. The Labute approximate surface area is 165 Å². The summed E-state index contributed by atoms with van der Waals surface area (Å²) in [4.78, 5) is 24.1. The molecule has 1 saturated heterocycles. The smallest absolute Gasteiger partial charge is 0.355 e. The van der Waals surface area contributed by atoms with E-state index in [1.807, 2.05) is 17.0 Å². The molecule has 2 heterocycles. The molecule has 1 aliphatic heterocycles. The number of benzene rings is 2. The molecule has 150 valence electrons. The van der Waals surface area contributed by atoms with Crippen LogP contribution in [-0.4, -0.2) is 29.0 Å². The van der Waals surface area contributed by atoms with Crippen LogP contribution in [0.15, 0.2) is 48.5 Å². The number of amides is 1. The second-order valence-corrected chi connectivity index (χ2v) is 6.96. The van der Waals surface area contributed by atoms with Crippen LogP contribution >= 0.6 is 0 Å². The lowest BCUT2D eigenvalue weighted by atomic mass is 10.1. The summed E-state index contributed by atoms with van der Waals surface area (Å²) in [7, 11) is 0. The standard InChI is InChI=1S/C21H19F3N4O/c22-21(23,24)14-7-6-8-15(13-14)25-20(29)18-19(28-11-4-1-5-12-28)27-17-10-3-2-9-16(17)26-18/h2-3,6-10,13H,1,4-5,11-12H2,(H,25,29). The largest absolute Gasteiger partial charge is 0.416 e. The third kappa shape index (κ3) is 4.16. The van der Waals surface area contributed by atoms with Crippen LogP contribution < -0.4 is 10.2 Å². The molecule has 5 nitrogen and oxygen atoms in total. The van der Waals surface area contributed by atoms with E-state index in [1.54, 1.807) is 12.1 Å². The van der Waals surface area contributed by atoms with Crippen molar-refractivity contribution in [1.29, 1.82) is 0 Å². The Morgan fingerprint density at radius 2 is 1.62 bits per heavy atom. The van der Waals surface area contributed by atoms with Crippen molar-refractivity contribution in [3.05, 3.63) is 59.8 Å². The molecule has 0 spiro atoms. The van der Waals surface area contributed by atoms with Crippen molar-refractivity contribution >= 4 is 28.4 Å². The Kier molecular flexibility index (Phi) is 5.08. The van der Waals surface area contributed by atoms with Gasteiger partial charge in [0.15, 0.2) is 11.5 Å². The molecule has 29 heavy (non-hydrogen) atoms. The van der Waals surface area contributed by atoms with Crippen molar-refractivity contribution in [3.8, 4) is 0 Å². The average molecular weight is 400 g/mol. The minimum absolute atomic E-state index is 0.0596. The van der Waals surface area contributed by atoms with Gasteiger partial charge in [0.25, 0.3) is 5.91 Å². The number of piperidine rings is 1. The van der Waals surface area contributed by atoms with Crippen LogP contribution in [0.5, 0.6) is 0 Å². The van der Waals surface area contributed by atoms with E-state index in [4.69, 9.17) is 0 Å². The Morgan fingerprint density at radius 1 is 0.931 bits per heavy atom. The number of nitrogens with one attached hydrogen (secondary N) is 1. The van der Waals surface area contributed by atoms with E-state index in [0.29, 0.717) is 16.9 Å². The summed E-state index contributed by atoms with van der Waals surface area (Å²) in [5.74, 6) is -0.115. The maximum absolute atomic E-state index is 13.0. The number of alkyl halides is 3. The summed E-state index contributed by atoms with van der Waals surface area (Å²) in [6.45, 7) is 1.52. The Balaban J connectivity index is 1.71. The summed E-state index contributed by atoms with van der Waals surface area (Å²) >= 11 is 0. The van der Waals surface area contributed by atoms with Crippen LogP contribution in [0.1, 0.15) is 35.3 Å². The number of aromatic nitrogens is 2. The molecule has 1 N–H and O–H groups in total. The molecule has 0 aliphatic carbocycles. The highest BCUT2D eigenvalue weighted by Gasteiger charge is 2.31. The number of rotatable bonds is 3. The third-order valence-electron chi connectivity index (χ3n) is 4.87. The van der Waals surface area contributed by atoms with Gasteiger partial charge in [0.1, 0.15) is 0 Å². The Bertz CT molecular complexity index is 1050. The first-order valence-electron chi connectivity index (χ1n) is 9.42. The van der Waals surface area contributed by atoms with E-state index in [2.05, 4.69) is 15.3 Å². The minimum Gasteiger partial charge on any atom is -0.355 e. The molecule has 1 aromatic heterocycles. The van der Waals surface area contributed by atoms with Gasteiger partial charge < -0.3 is 10.2 Å². The number of hydrogen-bond acceptors (Lipinski definition) is 4. The minimum atomic E-state index is -4.48. The average Bonchev–Trinajstić information content (AvgIpc) is 2.73. The van der Waals surface area contributed by atoms with Crippen LogP contribution in [0.3, 0.4) is 0 Å². The van der Waals surface area contributed by atoms with Crippen LogP contribution in [0, 0.1) is 0 Å². The monoisotopic (exact) mass is 400 g/mol. The Hall–Kier alpha value is -3.16. The highest BCUT2D eigenvalue weighted by Crippen LogP contribution is 2.31. The van der Waals surface area contributed by atoms with Crippen molar-refractivity contribution < 1.29 is 18.0 Å². The molecular weight excluding hydrogens is 381 g/mol. The maximum atomic E-state index is 13.0. The molecule has 3 aromatic rings. The van der Waals surface area contributed by atoms with E-state index in [1.165, 1.54) is 12.1 Å². The highest BCUT2D eigenvalue weighted by molar-refractivity contribution is 6.07. The topological polar surface area (TPSA) is 58.1 Å². The summed E-state index contributed by atoms with van der Waals surface area (Å²) < 4.78 is 38.9. The van der Waals surface area contributed by atoms with Gasteiger partial charge in [-0.1, -0.05) is 18.2 Å². The number of halogens is 3. The second-order valence-electron chi connectivity index (χ2n) is 6.96. The van der Waals surface area contributed by atoms with Crippen LogP contribution in [0.4, 0.5) is 24.7 Å². The number of anilines is 2. The van der Waals surface area contributed by atoms with Crippen molar-refractivity contribution in [2.75, 3.05) is 23.3 Å². The van der Waals surface area contributed by atoms with Crippen LogP contribution in [0.25, 0.3) is 11.0 Å². The zero-order chi connectivity index (χ0) is 20.4. The van der Waals surface area contributed by atoms with Gasteiger partial charge in [0.2, 0.25) is 0 Å². The van der Waals surface area contributed by atoms with Gasteiger partial charge in [-0.2, -0.15) is 13.2 Å². The first-order chi connectivity index (χ1) is 13.9. The van der Waals surface area contributed by atoms with Crippen molar-refractivity contribution in [2.24, 2.45) is 0 Å². The van der Waals surface area contributed by atoms with E-state index in [0.717, 1.165) is 44.5 Å². The molecule has 0 radical (unpaired) electrons. The molecule has 0 atom stereocenters. The van der Waals surface area contributed by atoms with Gasteiger partial charge in [0.05, 0.1) is 16.6 Å². The third-order valence-corrected chi connectivity index (χ3v) is 4.87. The second kappa shape index (κ2) is 7.69. The lowest BCUT2D eigenvalue weighted by Gasteiger charge is -2.29. The van der Waals surface area contributed by atoms with Gasteiger partial charge >= 0.3 is 6.18 Å². The van der Waals surface area contributed by atoms with Gasteiger partial charge in [-0.05, 0) is 49.6 Å². The fraction of sp³-hybridized carbons (Fsp3) is 0.286. The summed E-state index contributed by atoms with van der Waals surface area (Å²) in [5, 5.41) is 2.55. The van der Waals surface area contributed by atoms with Crippen molar-refractivity contribution in [3.63, 3.8) is 0 Å². The Morgan fingerprint density at radius 3 is 2.31 bits per heavy atom. The van der Waals surface area contributed by atoms with Gasteiger partial charge in [-0.15, -0.1) is 0 Å².